The Labute approximate surface area is 120 Å². The van der Waals surface area contributed by atoms with E-state index in [1.165, 1.54) is 12.8 Å². The molecule has 0 bridgehead atoms. The van der Waals surface area contributed by atoms with Crippen LogP contribution in [0.25, 0.3) is 0 Å². The van der Waals surface area contributed by atoms with E-state index in [2.05, 4.69) is 28.8 Å². The first-order chi connectivity index (χ1) is 9.63. The first-order valence-corrected chi connectivity index (χ1v) is 7.48. The van der Waals surface area contributed by atoms with Gasteiger partial charge < -0.3 is 20.3 Å². The van der Waals surface area contributed by atoms with E-state index < -0.39 is 0 Å². The highest BCUT2D eigenvalue weighted by Gasteiger charge is 2.24. The Morgan fingerprint density at radius 2 is 2.15 bits per heavy atom. The number of pyridine rings is 1. The smallest absolute Gasteiger partial charge is 0.239 e. The lowest BCUT2D eigenvalue weighted by molar-refractivity contribution is 0.233. The van der Waals surface area contributed by atoms with Crippen LogP contribution in [0, 0.1) is 5.92 Å². The van der Waals surface area contributed by atoms with Crippen LogP contribution in [0.15, 0.2) is 12.1 Å². The molecule has 1 aliphatic carbocycles. The first kappa shape index (κ1) is 13.5. The van der Waals surface area contributed by atoms with Gasteiger partial charge in [0.05, 0.1) is 12.3 Å². The van der Waals surface area contributed by atoms with Crippen molar-refractivity contribution >= 4 is 11.5 Å². The van der Waals surface area contributed by atoms with E-state index in [9.17, 15) is 0 Å². The lowest BCUT2D eigenvalue weighted by atomic mass is 10.2. The Morgan fingerprint density at radius 1 is 1.35 bits per heavy atom. The van der Waals surface area contributed by atoms with Crippen molar-refractivity contribution in [3.63, 3.8) is 0 Å². The fraction of sp³-hybridized carbons (Fsp3) is 0.667. The van der Waals surface area contributed by atoms with E-state index >= 15 is 0 Å². The van der Waals surface area contributed by atoms with Gasteiger partial charge in [-0.2, -0.15) is 4.98 Å². The average molecular weight is 276 g/mol. The molecular formula is C15H24N4O. The maximum Gasteiger partial charge on any atom is 0.239 e. The molecule has 0 spiro atoms. The van der Waals surface area contributed by atoms with Crippen molar-refractivity contribution in [2.45, 2.75) is 25.8 Å². The van der Waals surface area contributed by atoms with Crippen LogP contribution >= 0.6 is 0 Å². The molecule has 1 aromatic rings. The van der Waals surface area contributed by atoms with Crippen LogP contribution in [0.1, 0.15) is 19.8 Å². The largest absolute Gasteiger partial charge is 0.476 e. The summed E-state index contributed by atoms with van der Waals surface area (Å²) in [5.74, 6) is 2.29. The van der Waals surface area contributed by atoms with Crippen molar-refractivity contribution in [2.75, 3.05) is 43.9 Å². The third kappa shape index (κ3) is 2.98. The van der Waals surface area contributed by atoms with Crippen molar-refractivity contribution in [1.82, 2.24) is 9.88 Å². The SMILES string of the molecule is CC1CN(c2ccc(N)c(OCC3CC3)n2)CCN1C. The second kappa shape index (κ2) is 5.48. The van der Waals surface area contributed by atoms with Crippen molar-refractivity contribution in [3.8, 4) is 5.88 Å². The Hall–Kier alpha value is -1.49. The summed E-state index contributed by atoms with van der Waals surface area (Å²) >= 11 is 0. The molecule has 1 saturated carbocycles. The van der Waals surface area contributed by atoms with Gasteiger partial charge in [-0.25, -0.2) is 0 Å². The molecule has 2 heterocycles. The van der Waals surface area contributed by atoms with E-state index in [0.29, 0.717) is 23.5 Å². The third-order valence-corrected chi connectivity index (χ3v) is 4.31. The quantitative estimate of drug-likeness (QED) is 0.905. The zero-order valence-corrected chi connectivity index (χ0v) is 12.4. The fourth-order valence-corrected chi connectivity index (χ4v) is 2.47. The number of likely N-dealkylation sites (N-methyl/N-ethyl adjacent to an activating group) is 1. The van der Waals surface area contributed by atoms with Crippen molar-refractivity contribution < 1.29 is 4.74 Å². The Balaban J connectivity index is 1.70. The fourth-order valence-electron chi connectivity index (χ4n) is 2.47. The molecule has 2 N–H and O–H groups in total. The minimum absolute atomic E-state index is 0.541. The van der Waals surface area contributed by atoms with Crippen molar-refractivity contribution in [1.29, 1.82) is 0 Å². The molecule has 0 radical (unpaired) electrons. The molecule has 2 aliphatic rings. The van der Waals surface area contributed by atoms with E-state index in [4.69, 9.17) is 10.5 Å². The number of anilines is 2. The maximum atomic E-state index is 5.96. The van der Waals surface area contributed by atoms with E-state index in [0.717, 1.165) is 32.1 Å². The van der Waals surface area contributed by atoms with E-state index in [1.807, 2.05) is 12.1 Å². The molecule has 2 fully saturated rings. The number of hydrogen-bond donors (Lipinski definition) is 1. The van der Waals surface area contributed by atoms with Crippen LogP contribution in [-0.4, -0.2) is 49.2 Å². The van der Waals surface area contributed by atoms with Crippen LogP contribution in [0.2, 0.25) is 0 Å². The lowest BCUT2D eigenvalue weighted by Gasteiger charge is -2.38. The number of nitrogens with two attached hydrogens (primary N) is 1. The lowest BCUT2D eigenvalue weighted by Crippen LogP contribution is -2.50. The van der Waals surface area contributed by atoms with Crippen LogP contribution < -0.4 is 15.4 Å². The van der Waals surface area contributed by atoms with Crippen molar-refractivity contribution in [2.24, 2.45) is 5.92 Å². The average Bonchev–Trinajstić information content (AvgIpc) is 3.25. The number of ether oxygens (including phenoxy) is 1. The zero-order chi connectivity index (χ0) is 14.1. The van der Waals surface area contributed by atoms with Gasteiger partial charge in [0.25, 0.3) is 0 Å². The zero-order valence-electron chi connectivity index (χ0n) is 12.4. The van der Waals surface area contributed by atoms with Gasteiger partial charge >= 0.3 is 0 Å². The second-order valence-corrected chi connectivity index (χ2v) is 6.09. The molecule has 5 heteroatoms. The van der Waals surface area contributed by atoms with E-state index in [-0.39, 0.29) is 0 Å². The van der Waals surface area contributed by atoms with Gasteiger partial charge in [-0.05, 0) is 44.9 Å². The topological polar surface area (TPSA) is 54.6 Å². The molecule has 1 saturated heterocycles. The van der Waals surface area contributed by atoms with Gasteiger partial charge in [0.1, 0.15) is 5.82 Å². The normalized spacial score (nSPS) is 23.9. The Morgan fingerprint density at radius 3 is 2.85 bits per heavy atom. The number of rotatable bonds is 4. The van der Waals surface area contributed by atoms with Crippen LogP contribution in [0.5, 0.6) is 5.88 Å². The molecule has 0 amide bonds. The van der Waals surface area contributed by atoms with Gasteiger partial charge in [-0.3, -0.25) is 0 Å². The summed E-state index contributed by atoms with van der Waals surface area (Å²) in [5.41, 5.74) is 6.60. The monoisotopic (exact) mass is 276 g/mol. The van der Waals surface area contributed by atoms with Crippen LogP contribution in [0.3, 0.4) is 0 Å². The molecule has 110 valence electrons. The number of aromatic nitrogens is 1. The third-order valence-electron chi connectivity index (χ3n) is 4.31. The number of nitrogens with zero attached hydrogens (tertiary/aromatic N) is 3. The number of nitrogen functional groups attached to an aromatic ring is 1. The molecule has 3 rings (SSSR count). The van der Waals surface area contributed by atoms with Gasteiger partial charge in [0, 0.05) is 25.7 Å². The maximum absolute atomic E-state index is 5.96. The molecule has 1 atom stereocenters. The molecule has 5 nitrogen and oxygen atoms in total. The molecule has 1 aromatic heterocycles. The molecule has 1 aliphatic heterocycles. The van der Waals surface area contributed by atoms with Crippen LogP contribution in [0.4, 0.5) is 11.5 Å². The standard InChI is InChI=1S/C15H24N4O/c1-11-9-19(8-7-18(11)2)14-6-5-13(16)15(17-14)20-10-12-3-4-12/h5-6,11-12H,3-4,7-10,16H2,1-2H3. The Bertz CT molecular complexity index is 475. The second-order valence-electron chi connectivity index (χ2n) is 6.09. The van der Waals surface area contributed by atoms with Gasteiger partial charge in [0.15, 0.2) is 0 Å². The van der Waals surface area contributed by atoms with Gasteiger partial charge in [-0.1, -0.05) is 0 Å². The number of hydrogen-bond acceptors (Lipinski definition) is 5. The molecule has 0 aromatic carbocycles. The summed E-state index contributed by atoms with van der Waals surface area (Å²) in [4.78, 5) is 9.30. The highest BCUT2D eigenvalue weighted by Crippen LogP contribution is 2.31. The first-order valence-electron chi connectivity index (χ1n) is 7.48. The summed E-state index contributed by atoms with van der Waals surface area (Å²) < 4.78 is 5.77. The minimum Gasteiger partial charge on any atom is -0.476 e. The van der Waals surface area contributed by atoms with Crippen LogP contribution in [-0.2, 0) is 0 Å². The minimum atomic E-state index is 0.541. The summed E-state index contributed by atoms with van der Waals surface area (Å²) in [6, 6.07) is 4.45. The predicted octanol–water partition coefficient (Wildman–Crippen LogP) is 1.59. The summed E-state index contributed by atoms with van der Waals surface area (Å²) in [6.07, 6.45) is 2.55. The highest BCUT2D eigenvalue weighted by atomic mass is 16.5. The van der Waals surface area contributed by atoms with Crippen molar-refractivity contribution in [3.05, 3.63) is 12.1 Å². The molecule has 1 unspecified atom stereocenters. The summed E-state index contributed by atoms with van der Waals surface area (Å²) in [5, 5.41) is 0. The molecule has 20 heavy (non-hydrogen) atoms. The predicted molar refractivity (Wildman–Crippen MR) is 81.2 cm³/mol. The highest BCUT2D eigenvalue weighted by molar-refractivity contribution is 5.54. The number of piperazine rings is 1. The van der Waals surface area contributed by atoms with Gasteiger partial charge in [-0.15, -0.1) is 0 Å². The van der Waals surface area contributed by atoms with Gasteiger partial charge in [0.2, 0.25) is 5.88 Å². The molecular weight excluding hydrogens is 252 g/mol. The Kier molecular flexibility index (Phi) is 3.70. The summed E-state index contributed by atoms with van der Waals surface area (Å²) in [6.45, 7) is 6.05. The van der Waals surface area contributed by atoms with E-state index in [1.54, 1.807) is 0 Å². The summed E-state index contributed by atoms with van der Waals surface area (Å²) in [7, 11) is 2.17.